The molecule has 0 aliphatic carbocycles. The SMILES string of the molecule is CC(C)=CCCC(C)CCOc1ccc(C=C(B2OC(C)(C)C(C)(C)O2)B2OC(C)(C)C(C)(C)O2)cc1. The van der Waals surface area contributed by atoms with Gasteiger partial charge in [0.1, 0.15) is 5.75 Å². The van der Waals surface area contributed by atoms with Crippen LogP contribution in [0.3, 0.4) is 0 Å². The van der Waals surface area contributed by atoms with Gasteiger partial charge < -0.3 is 23.4 Å². The lowest BCUT2D eigenvalue weighted by atomic mass is 9.57. The fraction of sp³-hybridized carbons (Fsp3) is 0.667. The molecule has 0 saturated carbocycles. The molecular formula is C30H48B2O5. The molecule has 1 unspecified atom stereocenters. The van der Waals surface area contributed by atoms with E-state index in [-0.39, 0.29) is 0 Å². The third-order valence-electron chi connectivity index (χ3n) is 8.36. The summed E-state index contributed by atoms with van der Waals surface area (Å²) < 4.78 is 31.7. The monoisotopic (exact) mass is 510 g/mol. The molecule has 2 fully saturated rings. The Labute approximate surface area is 226 Å². The molecule has 0 radical (unpaired) electrons. The minimum Gasteiger partial charge on any atom is -0.494 e. The normalized spacial score (nSPS) is 22.0. The van der Waals surface area contributed by atoms with Crippen molar-refractivity contribution in [2.75, 3.05) is 6.61 Å². The molecule has 0 amide bonds. The van der Waals surface area contributed by atoms with Crippen LogP contribution in [0.2, 0.25) is 0 Å². The predicted octanol–water partition coefficient (Wildman–Crippen LogP) is 7.48. The van der Waals surface area contributed by atoms with Crippen molar-refractivity contribution < 1.29 is 23.4 Å². The molecule has 0 bridgehead atoms. The highest BCUT2D eigenvalue weighted by Crippen LogP contribution is 2.43. The molecule has 2 heterocycles. The van der Waals surface area contributed by atoms with Crippen molar-refractivity contribution >= 4 is 20.3 Å². The van der Waals surface area contributed by atoms with Gasteiger partial charge in [-0.3, -0.25) is 0 Å². The van der Waals surface area contributed by atoms with E-state index in [9.17, 15) is 0 Å². The number of benzene rings is 1. The molecule has 204 valence electrons. The van der Waals surface area contributed by atoms with Gasteiger partial charge in [-0.1, -0.05) is 36.8 Å². The average molecular weight is 510 g/mol. The smallest absolute Gasteiger partial charge is 0.486 e. The van der Waals surface area contributed by atoms with E-state index in [4.69, 9.17) is 23.4 Å². The largest absolute Gasteiger partial charge is 0.494 e. The summed E-state index contributed by atoms with van der Waals surface area (Å²) in [7, 11) is -1.13. The Balaban J connectivity index is 1.72. The summed E-state index contributed by atoms with van der Waals surface area (Å²) in [5, 5.41) is 0.830. The lowest BCUT2D eigenvalue weighted by Gasteiger charge is -2.32. The Morgan fingerprint density at radius 2 is 1.24 bits per heavy atom. The zero-order chi connectivity index (χ0) is 27.6. The first-order valence-corrected chi connectivity index (χ1v) is 13.8. The van der Waals surface area contributed by atoms with E-state index in [2.05, 4.69) is 100 Å². The van der Waals surface area contributed by atoms with Crippen LogP contribution >= 0.6 is 0 Å². The summed E-state index contributed by atoms with van der Waals surface area (Å²) in [6, 6.07) is 8.16. The lowest BCUT2D eigenvalue weighted by molar-refractivity contribution is 0.00578. The number of hydrogen-bond acceptors (Lipinski definition) is 5. The molecule has 1 aromatic carbocycles. The predicted molar refractivity (Wildman–Crippen MR) is 155 cm³/mol. The minimum atomic E-state index is -0.566. The molecule has 37 heavy (non-hydrogen) atoms. The Bertz CT molecular complexity index is 904. The van der Waals surface area contributed by atoms with E-state index in [1.165, 1.54) is 12.0 Å². The molecule has 2 saturated heterocycles. The molecule has 5 nitrogen and oxygen atoms in total. The highest BCUT2D eigenvalue weighted by molar-refractivity contribution is 6.79. The molecule has 0 aromatic heterocycles. The van der Waals surface area contributed by atoms with Crippen molar-refractivity contribution in [2.24, 2.45) is 5.92 Å². The Morgan fingerprint density at radius 3 is 1.68 bits per heavy atom. The van der Waals surface area contributed by atoms with E-state index < -0.39 is 36.6 Å². The zero-order valence-corrected chi connectivity index (χ0v) is 25.1. The standard InChI is InChI=1S/C30H48B2O5/c1-22(2)13-12-14-23(3)19-20-33-25-17-15-24(16-18-25)21-26(31-34-27(4,5)28(6,7)35-31)32-36-29(8,9)30(10,11)37-32/h13,15-18,21,23H,12,14,19-20H2,1-11H3. The van der Waals surface area contributed by atoms with Crippen molar-refractivity contribution in [3.05, 3.63) is 46.8 Å². The fourth-order valence-electron chi connectivity index (χ4n) is 4.24. The molecule has 1 aromatic rings. The number of hydrogen-bond donors (Lipinski definition) is 0. The van der Waals surface area contributed by atoms with E-state index in [1.54, 1.807) is 0 Å². The summed E-state index contributed by atoms with van der Waals surface area (Å²) >= 11 is 0. The second-order valence-electron chi connectivity index (χ2n) is 13.0. The van der Waals surface area contributed by atoms with E-state index >= 15 is 0 Å². The quantitative estimate of drug-likeness (QED) is 0.241. The third kappa shape index (κ3) is 7.32. The molecule has 2 aliphatic rings. The highest BCUT2D eigenvalue weighted by Gasteiger charge is 2.59. The van der Waals surface area contributed by atoms with Crippen LogP contribution in [0.1, 0.15) is 101 Å². The highest BCUT2D eigenvalue weighted by atomic mass is 16.7. The molecule has 1 atom stereocenters. The van der Waals surface area contributed by atoms with Gasteiger partial charge in [0.05, 0.1) is 29.0 Å². The van der Waals surface area contributed by atoms with Crippen molar-refractivity contribution in [2.45, 2.75) is 118 Å². The first-order chi connectivity index (χ1) is 17.0. The summed E-state index contributed by atoms with van der Waals surface area (Å²) in [6.45, 7) is 23.8. The van der Waals surface area contributed by atoms with Crippen molar-refractivity contribution in [3.63, 3.8) is 0 Å². The van der Waals surface area contributed by atoms with Gasteiger partial charge in [-0.15, -0.1) is 0 Å². The molecule has 3 rings (SSSR count). The second kappa shape index (κ2) is 11.3. The van der Waals surface area contributed by atoms with E-state index in [0.717, 1.165) is 36.1 Å². The molecular weight excluding hydrogens is 462 g/mol. The van der Waals surface area contributed by atoms with Crippen LogP contribution in [0.5, 0.6) is 5.75 Å². The van der Waals surface area contributed by atoms with Gasteiger partial charge in [0, 0.05) is 0 Å². The van der Waals surface area contributed by atoms with Crippen LogP contribution in [-0.4, -0.2) is 43.2 Å². The van der Waals surface area contributed by atoms with Crippen LogP contribution < -0.4 is 4.74 Å². The maximum atomic E-state index is 6.41. The van der Waals surface area contributed by atoms with Gasteiger partial charge in [0.15, 0.2) is 0 Å². The summed E-state index contributed by atoms with van der Waals surface area (Å²) in [4.78, 5) is 0. The topological polar surface area (TPSA) is 46.2 Å². The lowest BCUT2D eigenvalue weighted by Crippen LogP contribution is -2.41. The van der Waals surface area contributed by atoms with Crippen molar-refractivity contribution in [3.8, 4) is 5.75 Å². The van der Waals surface area contributed by atoms with Gasteiger partial charge in [-0.05, 0) is 117 Å². The molecule has 7 heteroatoms. The van der Waals surface area contributed by atoms with Gasteiger partial charge in [-0.2, -0.15) is 0 Å². The first kappa shape index (κ1) is 30.0. The third-order valence-corrected chi connectivity index (χ3v) is 8.36. The second-order valence-corrected chi connectivity index (χ2v) is 13.0. The molecule has 2 aliphatic heterocycles. The number of allylic oxidation sites excluding steroid dienone is 2. The summed E-state index contributed by atoms with van der Waals surface area (Å²) in [5.74, 6) is 1.52. The molecule has 0 spiro atoms. The van der Waals surface area contributed by atoms with Crippen LogP contribution in [-0.2, 0) is 18.6 Å². The number of rotatable bonds is 10. The average Bonchev–Trinajstić information content (AvgIpc) is 3.11. The summed E-state index contributed by atoms with van der Waals surface area (Å²) in [5.41, 5.74) is 0.573. The van der Waals surface area contributed by atoms with Crippen LogP contribution in [0.15, 0.2) is 41.3 Å². The minimum absolute atomic E-state index is 0.457. The maximum Gasteiger partial charge on any atom is 0.486 e. The van der Waals surface area contributed by atoms with Crippen molar-refractivity contribution in [1.29, 1.82) is 0 Å². The van der Waals surface area contributed by atoms with Gasteiger partial charge >= 0.3 is 14.2 Å². The van der Waals surface area contributed by atoms with Gasteiger partial charge in [0.2, 0.25) is 0 Å². The Hall–Kier alpha value is -1.53. The Morgan fingerprint density at radius 1 is 0.784 bits per heavy atom. The van der Waals surface area contributed by atoms with E-state index in [1.807, 2.05) is 12.1 Å². The molecule has 0 N–H and O–H groups in total. The van der Waals surface area contributed by atoms with Gasteiger partial charge in [-0.25, -0.2) is 0 Å². The van der Waals surface area contributed by atoms with Crippen LogP contribution in [0, 0.1) is 5.92 Å². The zero-order valence-electron chi connectivity index (χ0n) is 25.1. The number of ether oxygens (including phenoxy) is 1. The fourth-order valence-corrected chi connectivity index (χ4v) is 4.24. The van der Waals surface area contributed by atoms with Gasteiger partial charge in [0.25, 0.3) is 0 Å². The van der Waals surface area contributed by atoms with Crippen LogP contribution in [0.25, 0.3) is 6.08 Å². The first-order valence-electron chi connectivity index (χ1n) is 13.8. The Kier molecular flexibility index (Phi) is 9.16. The van der Waals surface area contributed by atoms with Crippen LogP contribution in [0.4, 0.5) is 0 Å². The van der Waals surface area contributed by atoms with E-state index in [0.29, 0.717) is 5.92 Å². The summed E-state index contributed by atoms with van der Waals surface area (Å²) in [6.07, 6.45) is 7.76. The van der Waals surface area contributed by atoms with Crippen molar-refractivity contribution in [1.82, 2.24) is 0 Å². The maximum absolute atomic E-state index is 6.41.